The number of rotatable bonds is 5. The van der Waals surface area contributed by atoms with Gasteiger partial charge < -0.3 is 15.8 Å². The molecule has 0 amide bonds. The minimum Gasteiger partial charge on any atom is -0.389 e. The molecule has 5 heteroatoms. The van der Waals surface area contributed by atoms with Crippen molar-refractivity contribution in [1.82, 2.24) is 0 Å². The molecule has 3 N–H and O–H groups in total. The molecule has 2 aromatic carbocycles. The van der Waals surface area contributed by atoms with E-state index < -0.39 is 0 Å². The average Bonchev–Trinajstić information content (AvgIpc) is 2.39. The van der Waals surface area contributed by atoms with Crippen molar-refractivity contribution in [2.24, 2.45) is 5.73 Å². The molecule has 3 nitrogen and oxygen atoms in total. The highest BCUT2D eigenvalue weighted by molar-refractivity contribution is 9.10. The van der Waals surface area contributed by atoms with Gasteiger partial charge in [0.2, 0.25) is 0 Å². The second-order valence-corrected chi connectivity index (χ2v) is 5.58. The van der Waals surface area contributed by atoms with Crippen LogP contribution in [0, 0.1) is 0 Å². The fraction of sp³-hybridized carbons (Fsp3) is 0.133. The van der Waals surface area contributed by atoms with Gasteiger partial charge in [-0.2, -0.15) is 0 Å². The monoisotopic (exact) mass is 350 g/mol. The molecule has 0 bridgehead atoms. The third kappa shape index (κ3) is 3.56. The Balaban J connectivity index is 2.32. The molecule has 0 spiro atoms. The molecular weight excluding hydrogens is 336 g/mol. The zero-order valence-electron chi connectivity index (χ0n) is 11.0. The summed E-state index contributed by atoms with van der Waals surface area (Å²) in [7, 11) is 1.68. The normalized spacial score (nSPS) is 10.3. The van der Waals surface area contributed by atoms with Crippen LogP contribution >= 0.6 is 28.1 Å². The predicted molar refractivity (Wildman–Crippen MR) is 90.5 cm³/mol. The van der Waals surface area contributed by atoms with Crippen LogP contribution in [0.5, 0.6) is 0 Å². The van der Waals surface area contributed by atoms with E-state index in [2.05, 4.69) is 21.2 Å². The Bertz CT molecular complexity index is 631. The van der Waals surface area contributed by atoms with E-state index in [1.54, 1.807) is 7.11 Å². The standard InChI is InChI=1S/C15H15BrN2OS/c1-19-9-10-4-2-5-11(8-10)18-13-7-3-6-12(16)14(13)15(17)20/h2-8,18H,9H2,1H3,(H2,17,20). The minimum atomic E-state index is 0.355. The van der Waals surface area contributed by atoms with Gasteiger partial charge in [-0.15, -0.1) is 0 Å². The Labute approximate surface area is 132 Å². The molecule has 0 fully saturated rings. The van der Waals surface area contributed by atoms with Gasteiger partial charge in [0.05, 0.1) is 6.61 Å². The van der Waals surface area contributed by atoms with Crippen molar-refractivity contribution in [3.8, 4) is 0 Å². The fourth-order valence-corrected chi connectivity index (χ4v) is 2.87. The minimum absolute atomic E-state index is 0.355. The number of hydrogen-bond donors (Lipinski definition) is 2. The van der Waals surface area contributed by atoms with Crippen LogP contribution in [0.25, 0.3) is 0 Å². The summed E-state index contributed by atoms with van der Waals surface area (Å²) in [4.78, 5) is 0.355. The lowest BCUT2D eigenvalue weighted by Crippen LogP contribution is -2.12. The van der Waals surface area contributed by atoms with Crippen LogP contribution in [0.15, 0.2) is 46.9 Å². The summed E-state index contributed by atoms with van der Waals surface area (Å²) < 4.78 is 6.02. The van der Waals surface area contributed by atoms with E-state index in [1.165, 1.54) is 0 Å². The van der Waals surface area contributed by atoms with Crippen LogP contribution in [0.1, 0.15) is 11.1 Å². The molecule has 0 radical (unpaired) electrons. The molecule has 0 saturated heterocycles. The van der Waals surface area contributed by atoms with E-state index in [1.807, 2.05) is 42.5 Å². The predicted octanol–water partition coefficient (Wildman–Crippen LogP) is 3.97. The van der Waals surface area contributed by atoms with E-state index in [-0.39, 0.29) is 0 Å². The number of thiocarbonyl (C=S) groups is 1. The molecule has 104 valence electrons. The van der Waals surface area contributed by atoms with Crippen LogP contribution in [0.4, 0.5) is 11.4 Å². The van der Waals surface area contributed by atoms with Gasteiger partial charge in [0.15, 0.2) is 0 Å². The smallest absolute Gasteiger partial charge is 0.107 e. The van der Waals surface area contributed by atoms with Crippen LogP contribution in [-0.4, -0.2) is 12.1 Å². The molecule has 0 heterocycles. The van der Waals surface area contributed by atoms with E-state index in [9.17, 15) is 0 Å². The van der Waals surface area contributed by atoms with Gasteiger partial charge in [0, 0.05) is 28.5 Å². The van der Waals surface area contributed by atoms with Gasteiger partial charge in [-0.3, -0.25) is 0 Å². The number of nitrogens with one attached hydrogen (secondary N) is 1. The van der Waals surface area contributed by atoms with E-state index in [4.69, 9.17) is 22.7 Å². The summed E-state index contributed by atoms with van der Waals surface area (Å²) in [6, 6.07) is 13.8. The van der Waals surface area contributed by atoms with Crippen molar-refractivity contribution in [1.29, 1.82) is 0 Å². The van der Waals surface area contributed by atoms with E-state index >= 15 is 0 Å². The molecule has 2 rings (SSSR count). The molecule has 0 aromatic heterocycles. The Hall–Kier alpha value is -1.43. The maximum Gasteiger partial charge on any atom is 0.107 e. The average molecular weight is 351 g/mol. The first kappa shape index (κ1) is 15.0. The summed E-state index contributed by atoms with van der Waals surface area (Å²) in [5.74, 6) is 0. The zero-order chi connectivity index (χ0) is 14.5. The Morgan fingerprint density at radius 3 is 2.75 bits per heavy atom. The highest BCUT2D eigenvalue weighted by atomic mass is 79.9. The maximum absolute atomic E-state index is 5.79. The number of anilines is 2. The van der Waals surface area contributed by atoms with E-state index in [0.29, 0.717) is 11.6 Å². The number of halogens is 1. The maximum atomic E-state index is 5.79. The summed E-state index contributed by atoms with van der Waals surface area (Å²) >= 11 is 8.58. The molecule has 0 aliphatic carbocycles. The van der Waals surface area contributed by atoms with Crippen LogP contribution in [0.2, 0.25) is 0 Å². The summed E-state index contributed by atoms with van der Waals surface area (Å²) in [6.45, 7) is 0.580. The summed E-state index contributed by atoms with van der Waals surface area (Å²) in [5.41, 5.74) is 9.54. The molecule has 0 saturated carbocycles. The Morgan fingerprint density at radius 2 is 2.05 bits per heavy atom. The third-order valence-electron chi connectivity index (χ3n) is 2.78. The lowest BCUT2D eigenvalue weighted by Gasteiger charge is -2.13. The van der Waals surface area contributed by atoms with Gasteiger partial charge in [-0.25, -0.2) is 0 Å². The summed E-state index contributed by atoms with van der Waals surface area (Å²) in [5, 5.41) is 3.34. The SMILES string of the molecule is COCc1cccc(Nc2cccc(Br)c2C(N)=S)c1. The zero-order valence-corrected chi connectivity index (χ0v) is 13.4. The van der Waals surface area contributed by atoms with Gasteiger partial charge in [0.25, 0.3) is 0 Å². The third-order valence-corrected chi connectivity index (χ3v) is 3.64. The number of hydrogen-bond acceptors (Lipinski definition) is 3. The number of ether oxygens (including phenoxy) is 1. The topological polar surface area (TPSA) is 47.3 Å². The quantitative estimate of drug-likeness (QED) is 0.800. The molecule has 0 aliphatic rings. The van der Waals surface area contributed by atoms with Crippen molar-refractivity contribution in [3.63, 3.8) is 0 Å². The number of methoxy groups -OCH3 is 1. The number of nitrogens with two attached hydrogens (primary N) is 1. The molecule has 0 unspecified atom stereocenters. The van der Waals surface area contributed by atoms with Crippen molar-refractivity contribution in [3.05, 3.63) is 58.1 Å². The highest BCUT2D eigenvalue weighted by Crippen LogP contribution is 2.27. The molecule has 0 aliphatic heterocycles. The van der Waals surface area contributed by atoms with E-state index in [0.717, 1.165) is 27.0 Å². The number of benzene rings is 2. The largest absolute Gasteiger partial charge is 0.389 e. The van der Waals surface area contributed by atoms with Gasteiger partial charge in [-0.05, 0) is 45.8 Å². The second-order valence-electron chi connectivity index (χ2n) is 4.29. The summed E-state index contributed by atoms with van der Waals surface area (Å²) in [6.07, 6.45) is 0. The van der Waals surface area contributed by atoms with Crippen molar-refractivity contribution < 1.29 is 4.74 Å². The Kier molecular flexibility index (Phi) is 5.11. The Morgan fingerprint density at radius 1 is 1.30 bits per heavy atom. The first-order valence-corrected chi connectivity index (χ1v) is 7.25. The van der Waals surface area contributed by atoms with Crippen molar-refractivity contribution >= 4 is 44.5 Å². The molecule has 20 heavy (non-hydrogen) atoms. The fourth-order valence-electron chi connectivity index (χ4n) is 1.94. The van der Waals surface area contributed by atoms with Gasteiger partial charge in [-0.1, -0.05) is 30.4 Å². The van der Waals surface area contributed by atoms with Crippen LogP contribution in [-0.2, 0) is 11.3 Å². The van der Waals surface area contributed by atoms with Crippen LogP contribution in [0.3, 0.4) is 0 Å². The lowest BCUT2D eigenvalue weighted by molar-refractivity contribution is 0.185. The first-order chi connectivity index (χ1) is 9.61. The van der Waals surface area contributed by atoms with Crippen molar-refractivity contribution in [2.45, 2.75) is 6.61 Å². The highest BCUT2D eigenvalue weighted by Gasteiger charge is 2.09. The van der Waals surface area contributed by atoms with Crippen molar-refractivity contribution in [2.75, 3.05) is 12.4 Å². The van der Waals surface area contributed by atoms with Gasteiger partial charge >= 0.3 is 0 Å². The molecular formula is C15H15BrN2OS. The lowest BCUT2D eigenvalue weighted by atomic mass is 10.1. The first-order valence-electron chi connectivity index (χ1n) is 6.05. The molecule has 0 atom stereocenters. The van der Waals surface area contributed by atoms with Gasteiger partial charge in [0.1, 0.15) is 4.99 Å². The molecule has 2 aromatic rings. The second kappa shape index (κ2) is 6.83. The van der Waals surface area contributed by atoms with Crippen LogP contribution < -0.4 is 11.1 Å².